The molecule has 19 heavy (non-hydrogen) atoms. The molecule has 0 saturated heterocycles. The van der Waals surface area contributed by atoms with Crippen LogP contribution in [0.1, 0.15) is 60.4 Å². The summed E-state index contributed by atoms with van der Waals surface area (Å²) < 4.78 is 0. The first-order valence-corrected chi connectivity index (χ1v) is 7.18. The van der Waals surface area contributed by atoms with Crippen molar-refractivity contribution in [2.24, 2.45) is 0 Å². The first-order chi connectivity index (χ1) is 9.25. The van der Waals surface area contributed by atoms with E-state index >= 15 is 0 Å². The molecule has 1 aromatic rings. The van der Waals surface area contributed by atoms with Crippen LogP contribution in [0.15, 0.2) is 24.3 Å². The average Bonchev–Trinajstić information content (AvgIpc) is 2.78. The van der Waals surface area contributed by atoms with Crippen molar-refractivity contribution in [2.75, 3.05) is 0 Å². The molecule has 0 aromatic heterocycles. The van der Waals surface area contributed by atoms with Gasteiger partial charge in [-0.3, -0.25) is 9.59 Å². The van der Waals surface area contributed by atoms with Gasteiger partial charge in [0.15, 0.2) is 5.78 Å². The average molecular weight is 257 g/mol. The Labute approximate surface area is 113 Å². The third-order valence-electron chi connectivity index (χ3n) is 4.29. The molecule has 3 nitrogen and oxygen atoms in total. The van der Waals surface area contributed by atoms with Crippen LogP contribution in [-0.2, 0) is 4.79 Å². The number of Topliss-reactive ketones (excluding diaryl/α,β-unsaturated/α-hetero) is 1. The summed E-state index contributed by atoms with van der Waals surface area (Å²) in [6, 6.07) is 7.80. The lowest BCUT2D eigenvalue weighted by Gasteiger charge is -2.24. The molecule has 1 atom stereocenters. The largest absolute Gasteiger partial charge is 0.353 e. The Bertz CT molecular complexity index is 503. The zero-order valence-electron chi connectivity index (χ0n) is 11.0. The first-order valence-electron chi connectivity index (χ1n) is 7.18. The van der Waals surface area contributed by atoms with E-state index in [1.165, 1.54) is 19.3 Å². The summed E-state index contributed by atoms with van der Waals surface area (Å²) in [5.74, 6) is -0.143. The summed E-state index contributed by atoms with van der Waals surface area (Å²) in [6.07, 6.45) is 6.16. The van der Waals surface area contributed by atoms with Crippen LogP contribution >= 0.6 is 0 Å². The zero-order chi connectivity index (χ0) is 13.2. The van der Waals surface area contributed by atoms with Gasteiger partial charge in [-0.25, -0.2) is 0 Å². The lowest BCUT2D eigenvalue weighted by atomic mass is 9.94. The van der Waals surface area contributed by atoms with Crippen LogP contribution in [0.4, 0.5) is 0 Å². The monoisotopic (exact) mass is 257 g/mol. The molecule has 1 unspecified atom stereocenters. The highest BCUT2D eigenvalue weighted by molar-refractivity contribution is 6.06. The van der Waals surface area contributed by atoms with Crippen molar-refractivity contribution in [1.29, 1.82) is 0 Å². The number of nitrogens with one attached hydrogen (secondary N) is 1. The quantitative estimate of drug-likeness (QED) is 0.885. The highest BCUT2D eigenvalue weighted by atomic mass is 16.2. The van der Waals surface area contributed by atoms with Crippen molar-refractivity contribution < 1.29 is 9.59 Å². The van der Waals surface area contributed by atoms with E-state index in [9.17, 15) is 9.59 Å². The third-order valence-corrected chi connectivity index (χ3v) is 4.29. The number of hydrogen-bond donors (Lipinski definition) is 1. The molecule has 0 bridgehead atoms. The number of amides is 1. The highest BCUT2D eigenvalue weighted by Crippen LogP contribution is 2.33. The topological polar surface area (TPSA) is 46.2 Å². The van der Waals surface area contributed by atoms with E-state index in [1.54, 1.807) is 0 Å². The molecule has 1 saturated carbocycles. The second-order valence-corrected chi connectivity index (χ2v) is 5.61. The molecule has 0 radical (unpaired) electrons. The van der Waals surface area contributed by atoms with Crippen molar-refractivity contribution in [3.8, 4) is 0 Å². The Morgan fingerprint density at radius 3 is 2.63 bits per heavy atom. The molecular formula is C16H19NO2. The fraction of sp³-hybridized carbons (Fsp3) is 0.500. The van der Waals surface area contributed by atoms with E-state index in [-0.39, 0.29) is 17.6 Å². The molecule has 1 aromatic carbocycles. The molecule has 2 aliphatic rings. The second-order valence-electron chi connectivity index (χ2n) is 5.61. The summed E-state index contributed by atoms with van der Waals surface area (Å²) in [5.41, 5.74) is 1.63. The molecule has 3 rings (SSSR count). The van der Waals surface area contributed by atoms with Crippen molar-refractivity contribution in [3.63, 3.8) is 0 Å². The predicted molar refractivity (Wildman–Crippen MR) is 73.1 cm³/mol. The number of benzene rings is 1. The Morgan fingerprint density at radius 1 is 1.11 bits per heavy atom. The van der Waals surface area contributed by atoms with Gasteiger partial charge in [0.25, 0.3) is 0 Å². The molecule has 2 aliphatic carbocycles. The summed E-state index contributed by atoms with van der Waals surface area (Å²) >= 11 is 0. The van der Waals surface area contributed by atoms with E-state index in [1.807, 2.05) is 24.3 Å². The maximum atomic E-state index is 12.4. The van der Waals surface area contributed by atoms with Crippen LogP contribution in [0.3, 0.4) is 0 Å². The Morgan fingerprint density at radius 2 is 1.84 bits per heavy atom. The molecule has 1 fully saturated rings. The van der Waals surface area contributed by atoms with Crippen LogP contribution in [0.25, 0.3) is 0 Å². The van der Waals surface area contributed by atoms with Gasteiger partial charge in [0.05, 0.1) is 5.92 Å². The van der Waals surface area contributed by atoms with Crippen molar-refractivity contribution in [2.45, 2.75) is 50.5 Å². The number of fused-ring (bicyclic) bond motifs is 1. The van der Waals surface area contributed by atoms with Gasteiger partial charge in [0.2, 0.25) is 5.91 Å². The van der Waals surface area contributed by atoms with Gasteiger partial charge in [0.1, 0.15) is 0 Å². The summed E-state index contributed by atoms with van der Waals surface area (Å²) in [4.78, 5) is 24.3. The van der Waals surface area contributed by atoms with Crippen LogP contribution in [0.5, 0.6) is 0 Å². The zero-order valence-corrected chi connectivity index (χ0v) is 11.0. The van der Waals surface area contributed by atoms with E-state index in [2.05, 4.69) is 5.32 Å². The van der Waals surface area contributed by atoms with Crippen molar-refractivity contribution >= 4 is 11.7 Å². The van der Waals surface area contributed by atoms with Gasteiger partial charge in [-0.05, 0) is 18.4 Å². The molecule has 1 amide bonds. The fourth-order valence-electron chi connectivity index (χ4n) is 3.24. The number of carbonyl (C=O) groups excluding carboxylic acids is 2. The first kappa shape index (κ1) is 12.4. The number of carbonyl (C=O) groups is 2. The van der Waals surface area contributed by atoms with Crippen LogP contribution in [0.2, 0.25) is 0 Å². The maximum absolute atomic E-state index is 12.4. The van der Waals surface area contributed by atoms with Gasteiger partial charge in [-0.2, -0.15) is 0 Å². The van der Waals surface area contributed by atoms with E-state index < -0.39 is 0 Å². The van der Waals surface area contributed by atoms with Gasteiger partial charge >= 0.3 is 0 Å². The second kappa shape index (κ2) is 5.16. The van der Waals surface area contributed by atoms with Gasteiger partial charge < -0.3 is 5.32 Å². The summed E-state index contributed by atoms with van der Waals surface area (Å²) in [7, 11) is 0. The van der Waals surface area contributed by atoms with Crippen LogP contribution < -0.4 is 5.32 Å². The smallest absolute Gasteiger partial charge is 0.228 e. The minimum absolute atomic E-state index is 0.0326. The van der Waals surface area contributed by atoms with E-state index in [0.717, 1.165) is 24.0 Å². The normalized spacial score (nSPS) is 23.2. The Kier molecular flexibility index (Phi) is 3.36. The molecule has 1 N–H and O–H groups in total. The maximum Gasteiger partial charge on any atom is 0.228 e. The minimum atomic E-state index is -0.273. The molecule has 0 aliphatic heterocycles. The van der Waals surface area contributed by atoms with Crippen molar-refractivity contribution in [1.82, 2.24) is 5.32 Å². The molecule has 3 heteroatoms. The third kappa shape index (κ3) is 2.42. The molecule has 0 spiro atoms. The van der Waals surface area contributed by atoms with Gasteiger partial charge in [-0.15, -0.1) is 0 Å². The molecule has 0 heterocycles. The summed E-state index contributed by atoms with van der Waals surface area (Å²) in [6.45, 7) is 0. The number of rotatable bonds is 2. The Hall–Kier alpha value is -1.64. The Balaban J connectivity index is 1.73. The number of hydrogen-bond acceptors (Lipinski definition) is 2. The lowest BCUT2D eigenvalue weighted by Crippen LogP contribution is -2.38. The van der Waals surface area contributed by atoms with Crippen molar-refractivity contribution in [3.05, 3.63) is 35.4 Å². The summed E-state index contributed by atoms with van der Waals surface area (Å²) in [5, 5.41) is 3.13. The van der Waals surface area contributed by atoms with E-state index in [4.69, 9.17) is 0 Å². The SMILES string of the molecule is O=C1CC(C(=O)NC2CCCCC2)c2ccccc21. The minimum Gasteiger partial charge on any atom is -0.353 e. The number of ketones is 1. The lowest BCUT2D eigenvalue weighted by molar-refractivity contribution is -0.123. The van der Waals surface area contributed by atoms with Crippen LogP contribution in [0, 0.1) is 0 Å². The standard InChI is InChI=1S/C16H19NO2/c18-15-10-14(12-8-4-5-9-13(12)15)16(19)17-11-6-2-1-3-7-11/h4-5,8-9,11,14H,1-3,6-7,10H2,(H,17,19). The highest BCUT2D eigenvalue weighted by Gasteiger charge is 2.34. The molecular weight excluding hydrogens is 238 g/mol. The fourth-order valence-corrected chi connectivity index (χ4v) is 3.24. The van der Waals surface area contributed by atoms with E-state index in [0.29, 0.717) is 12.5 Å². The van der Waals surface area contributed by atoms with Gasteiger partial charge in [0, 0.05) is 18.0 Å². The predicted octanol–water partition coefficient (Wildman–Crippen LogP) is 2.81. The van der Waals surface area contributed by atoms with Crippen LogP contribution in [-0.4, -0.2) is 17.7 Å². The molecule has 100 valence electrons. The van der Waals surface area contributed by atoms with Gasteiger partial charge in [-0.1, -0.05) is 43.5 Å².